The minimum Gasteiger partial charge on any atom is -0.483 e. The molecule has 10 heteroatoms. The number of anilines is 1. The summed E-state index contributed by atoms with van der Waals surface area (Å²) in [7, 11) is 0. The van der Waals surface area contributed by atoms with Crippen LogP contribution in [-0.4, -0.2) is 28.4 Å². The molecule has 2 amide bonds. The first-order chi connectivity index (χ1) is 12.7. The third-order valence-electron chi connectivity index (χ3n) is 3.54. The van der Waals surface area contributed by atoms with E-state index in [1.54, 1.807) is 12.1 Å². The van der Waals surface area contributed by atoms with Crippen LogP contribution in [0.1, 0.15) is 15.9 Å². The molecule has 0 aliphatic rings. The largest absolute Gasteiger partial charge is 0.483 e. The summed E-state index contributed by atoms with van der Waals surface area (Å²) in [5, 5.41) is 2.45. The number of rotatable bonds is 5. The maximum atomic E-state index is 12.8. The number of para-hydroxylation sites is 1. The van der Waals surface area contributed by atoms with Crippen molar-refractivity contribution in [1.29, 1.82) is 0 Å². The number of alkyl halides is 3. The van der Waals surface area contributed by atoms with Crippen molar-refractivity contribution in [2.24, 2.45) is 5.73 Å². The summed E-state index contributed by atoms with van der Waals surface area (Å²) >= 11 is 0. The Morgan fingerprint density at radius 2 is 1.93 bits per heavy atom. The number of imidazole rings is 1. The van der Waals surface area contributed by atoms with Gasteiger partial charge in [0.25, 0.3) is 11.8 Å². The van der Waals surface area contributed by atoms with Crippen molar-refractivity contribution < 1.29 is 27.5 Å². The zero-order valence-electron chi connectivity index (χ0n) is 13.6. The number of halogens is 3. The summed E-state index contributed by atoms with van der Waals surface area (Å²) in [6.45, 7) is -0.408. The highest BCUT2D eigenvalue weighted by Crippen LogP contribution is 2.31. The van der Waals surface area contributed by atoms with Crippen LogP contribution in [0.5, 0.6) is 5.75 Å². The van der Waals surface area contributed by atoms with Gasteiger partial charge in [0.15, 0.2) is 6.61 Å². The average Bonchev–Trinajstić information content (AvgIpc) is 3.00. The third-order valence-corrected chi connectivity index (χ3v) is 3.54. The highest BCUT2D eigenvalue weighted by atomic mass is 19.4. The predicted molar refractivity (Wildman–Crippen MR) is 90.2 cm³/mol. The molecule has 3 aromatic rings. The molecule has 0 fully saturated rings. The van der Waals surface area contributed by atoms with E-state index in [0.29, 0.717) is 0 Å². The zero-order chi connectivity index (χ0) is 19.6. The van der Waals surface area contributed by atoms with E-state index in [0.717, 1.165) is 12.1 Å². The quantitative estimate of drug-likeness (QED) is 0.634. The number of aromatic nitrogens is 2. The van der Waals surface area contributed by atoms with Crippen LogP contribution in [0.25, 0.3) is 11.0 Å². The van der Waals surface area contributed by atoms with Gasteiger partial charge in [0.05, 0.1) is 22.2 Å². The Hall–Kier alpha value is -3.56. The lowest BCUT2D eigenvalue weighted by atomic mass is 10.2. The van der Waals surface area contributed by atoms with Crippen molar-refractivity contribution in [1.82, 2.24) is 9.97 Å². The van der Waals surface area contributed by atoms with Crippen LogP contribution in [0.15, 0.2) is 42.5 Å². The molecule has 0 radical (unpaired) electrons. The van der Waals surface area contributed by atoms with Gasteiger partial charge in [-0.3, -0.25) is 14.9 Å². The number of aromatic amines is 1. The van der Waals surface area contributed by atoms with Crippen LogP contribution < -0.4 is 15.8 Å². The van der Waals surface area contributed by atoms with Gasteiger partial charge in [-0.2, -0.15) is 13.2 Å². The van der Waals surface area contributed by atoms with E-state index in [4.69, 9.17) is 10.5 Å². The fraction of sp³-hybridized carbons (Fsp3) is 0.118. The molecule has 0 bridgehead atoms. The maximum absolute atomic E-state index is 12.8. The van der Waals surface area contributed by atoms with E-state index in [1.165, 1.54) is 18.2 Å². The predicted octanol–water partition coefficient (Wildman–Crippen LogP) is 2.70. The number of hydrogen-bond acceptors (Lipinski definition) is 4. The number of carbonyl (C=O) groups is 2. The van der Waals surface area contributed by atoms with Crippen molar-refractivity contribution in [3.05, 3.63) is 53.6 Å². The summed E-state index contributed by atoms with van der Waals surface area (Å²) in [6.07, 6.45) is -4.49. The third kappa shape index (κ3) is 4.17. The molecule has 0 spiro atoms. The molecular formula is C17H13F3N4O3. The Labute approximate surface area is 150 Å². The Morgan fingerprint density at radius 3 is 2.63 bits per heavy atom. The molecule has 3 rings (SSSR count). The molecule has 140 valence electrons. The first kappa shape index (κ1) is 18.2. The Bertz CT molecular complexity index is 1010. The standard InChI is InChI=1S/C17H13F3N4O3/c18-17(19,20)9-5-6-11-12(7-9)23-16(22-11)24-15(26)10-3-1-2-4-13(10)27-8-14(21)25/h1-7H,8H2,(H2,21,25)(H2,22,23,24,26). The molecule has 2 aromatic carbocycles. The first-order valence-corrected chi connectivity index (χ1v) is 7.62. The number of H-pyrrole nitrogens is 1. The van der Waals surface area contributed by atoms with Gasteiger partial charge in [-0.25, -0.2) is 4.98 Å². The van der Waals surface area contributed by atoms with Gasteiger partial charge in [-0.15, -0.1) is 0 Å². The smallest absolute Gasteiger partial charge is 0.416 e. The first-order valence-electron chi connectivity index (χ1n) is 7.62. The van der Waals surface area contributed by atoms with Crippen molar-refractivity contribution >= 4 is 28.8 Å². The molecule has 0 aliphatic carbocycles. The number of amides is 2. The minimum absolute atomic E-state index is 0.0287. The Kier molecular flexibility index (Phi) is 4.72. The lowest BCUT2D eigenvalue weighted by Gasteiger charge is -2.09. The fourth-order valence-electron chi connectivity index (χ4n) is 2.35. The molecule has 4 N–H and O–H groups in total. The summed E-state index contributed by atoms with van der Waals surface area (Å²) in [6, 6.07) is 9.13. The number of benzene rings is 2. The summed E-state index contributed by atoms with van der Waals surface area (Å²) in [5.41, 5.74) is 4.68. The van der Waals surface area contributed by atoms with Gasteiger partial charge < -0.3 is 15.5 Å². The van der Waals surface area contributed by atoms with Gasteiger partial charge >= 0.3 is 6.18 Å². The Morgan fingerprint density at radius 1 is 1.19 bits per heavy atom. The summed E-state index contributed by atoms with van der Waals surface area (Å²) in [4.78, 5) is 29.9. The number of nitrogens with two attached hydrogens (primary N) is 1. The van der Waals surface area contributed by atoms with Gasteiger partial charge in [-0.05, 0) is 30.3 Å². The monoisotopic (exact) mass is 378 g/mol. The van der Waals surface area contributed by atoms with E-state index in [9.17, 15) is 22.8 Å². The SMILES string of the molecule is NC(=O)COc1ccccc1C(=O)Nc1nc2ccc(C(F)(F)F)cc2[nH]1. The molecule has 0 aliphatic heterocycles. The molecule has 27 heavy (non-hydrogen) atoms. The van der Waals surface area contributed by atoms with Crippen LogP contribution in [0.4, 0.5) is 19.1 Å². The highest BCUT2D eigenvalue weighted by molar-refractivity contribution is 6.06. The second-order valence-electron chi connectivity index (χ2n) is 5.52. The maximum Gasteiger partial charge on any atom is 0.416 e. The van der Waals surface area contributed by atoms with Gasteiger partial charge in [0.1, 0.15) is 5.75 Å². The average molecular weight is 378 g/mol. The zero-order valence-corrected chi connectivity index (χ0v) is 13.6. The second kappa shape index (κ2) is 6.98. The number of ether oxygens (including phenoxy) is 1. The fourth-order valence-corrected chi connectivity index (χ4v) is 2.35. The lowest BCUT2D eigenvalue weighted by Crippen LogP contribution is -2.21. The van der Waals surface area contributed by atoms with Gasteiger partial charge in [0, 0.05) is 0 Å². The van der Waals surface area contributed by atoms with Crippen molar-refractivity contribution in [2.75, 3.05) is 11.9 Å². The summed E-state index contributed by atoms with van der Waals surface area (Å²) in [5.74, 6) is -1.23. The number of fused-ring (bicyclic) bond motifs is 1. The molecule has 7 nitrogen and oxygen atoms in total. The molecule has 0 saturated heterocycles. The van der Waals surface area contributed by atoms with E-state index >= 15 is 0 Å². The van der Waals surface area contributed by atoms with Crippen LogP contribution in [0.3, 0.4) is 0 Å². The van der Waals surface area contributed by atoms with E-state index in [1.807, 2.05) is 0 Å². The second-order valence-corrected chi connectivity index (χ2v) is 5.52. The number of nitrogens with one attached hydrogen (secondary N) is 2. The van der Waals surface area contributed by atoms with Gasteiger partial charge in [-0.1, -0.05) is 12.1 Å². The molecule has 1 aromatic heterocycles. The van der Waals surface area contributed by atoms with Crippen LogP contribution in [0, 0.1) is 0 Å². The lowest BCUT2D eigenvalue weighted by molar-refractivity contribution is -0.137. The topological polar surface area (TPSA) is 110 Å². The molecule has 0 atom stereocenters. The molecular weight excluding hydrogens is 365 g/mol. The number of primary amides is 1. The van der Waals surface area contributed by atoms with Crippen molar-refractivity contribution in [3.63, 3.8) is 0 Å². The van der Waals surface area contributed by atoms with Crippen LogP contribution in [0.2, 0.25) is 0 Å². The van der Waals surface area contributed by atoms with Crippen LogP contribution in [-0.2, 0) is 11.0 Å². The number of carbonyl (C=O) groups excluding carboxylic acids is 2. The van der Waals surface area contributed by atoms with Gasteiger partial charge in [0.2, 0.25) is 5.95 Å². The molecule has 1 heterocycles. The normalized spacial score (nSPS) is 11.4. The molecule has 0 unspecified atom stereocenters. The highest BCUT2D eigenvalue weighted by Gasteiger charge is 2.30. The van der Waals surface area contributed by atoms with Crippen molar-refractivity contribution in [2.45, 2.75) is 6.18 Å². The summed E-state index contributed by atoms with van der Waals surface area (Å²) < 4.78 is 43.5. The van der Waals surface area contributed by atoms with E-state index in [2.05, 4.69) is 15.3 Å². The van der Waals surface area contributed by atoms with E-state index in [-0.39, 0.29) is 28.3 Å². The number of nitrogens with zero attached hydrogens (tertiary/aromatic N) is 1. The van der Waals surface area contributed by atoms with E-state index < -0.39 is 30.2 Å². The Balaban J connectivity index is 1.83. The number of hydrogen-bond donors (Lipinski definition) is 3. The van der Waals surface area contributed by atoms with Crippen LogP contribution >= 0.6 is 0 Å². The molecule has 0 saturated carbocycles. The minimum atomic E-state index is -4.49. The van der Waals surface area contributed by atoms with Crippen molar-refractivity contribution in [3.8, 4) is 5.75 Å².